The Morgan fingerprint density at radius 2 is 1.43 bits per heavy atom. The first-order chi connectivity index (χ1) is 19.2. The van der Waals surface area contributed by atoms with Crippen molar-refractivity contribution in [2.45, 2.75) is 13.8 Å². The van der Waals surface area contributed by atoms with Gasteiger partial charge < -0.3 is 9.97 Å². The molecular weight excluding hydrogens is 685 g/mol. The smallest absolute Gasteiger partial charge is 0.0417 e. The number of rotatable bonds is 3. The number of pyridine rings is 2. The Balaban J connectivity index is 0.000000195. The van der Waals surface area contributed by atoms with Crippen molar-refractivity contribution >= 4 is 31.5 Å². The molecule has 0 fully saturated rings. The number of aryl methyl sites for hydroxylation is 2. The molecule has 0 atom stereocenters. The number of fused-ring (bicyclic) bond motifs is 3. The fourth-order valence-corrected chi connectivity index (χ4v) is 5.96. The SMILES string of the molecule is Cc1c[c-]c(-c2ccccn2)cc1-c1cccc2c1sc1ccccc12.Cc1cccc(-c2[c-]cccc2)n1.[Ir]. The summed E-state index contributed by atoms with van der Waals surface area (Å²) < 4.78 is 2.68. The molecule has 0 bridgehead atoms. The van der Waals surface area contributed by atoms with E-state index in [0.717, 1.165) is 28.2 Å². The van der Waals surface area contributed by atoms with E-state index in [4.69, 9.17) is 0 Å². The first-order valence-corrected chi connectivity index (χ1v) is 13.7. The number of nitrogens with zero attached hydrogens (tertiary/aromatic N) is 2. The topological polar surface area (TPSA) is 25.8 Å². The molecule has 4 aromatic carbocycles. The predicted molar refractivity (Wildman–Crippen MR) is 165 cm³/mol. The van der Waals surface area contributed by atoms with Crippen molar-refractivity contribution in [2.24, 2.45) is 0 Å². The summed E-state index contributed by atoms with van der Waals surface area (Å²) in [6.07, 6.45) is 1.83. The second-order valence-electron chi connectivity index (χ2n) is 9.38. The molecule has 0 amide bonds. The molecule has 0 N–H and O–H groups in total. The van der Waals surface area contributed by atoms with E-state index < -0.39 is 0 Å². The van der Waals surface area contributed by atoms with Crippen molar-refractivity contribution in [3.05, 3.63) is 145 Å². The molecule has 0 aliphatic heterocycles. The Labute approximate surface area is 252 Å². The van der Waals surface area contributed by atoms with E-state index in [9.17, 15) is 0 Å². The first kappa shape index (κ1) is 27.6. The quantitative estimate of drug-likeness (QED) is 0.171. The molecule has 7 aromatic rings. The van der Waals surface area contributed by atoms with Gasteiger partial charge in [-0.15, -0.1) is 76.6 Å². The van der Waals surface area contributed by atoms with Gasteiger partial charge in [0.1, 0.15) is 0 Å². The zero-order valence-corrected chi connectivity index (χ0v) is 25.4. The minimum atomic E-state index is 0. The fourth-order valence-electron chi connectivity index (χ4n) is 4.73. The van der Waals surface area contributed by atoms with E-state index in [-0.39, 0.29) is 20.1 Å². The van der Waals surface area contributed by atoms with Gasteiger partial charge in [0.25, 0.3) is 0 Å². The Bertz CT molecular complexity index is 1880. The van der Waals surface area contributed by atoms with E-state index in [1.165, 1.54) is 36.9 Å². The van der Waals surface area contributed by atoms with E-state index in [0.29, 0.717) is 0 Å². The minimum Gasteiger partial charge on any atom is -0.305 e. The summed E-state index contributed by atoms with van der Waals surface area (Å²) in [6.45, 7) is 4.15. The van der Waals surface area contributed by atoms with Gasteiger partial charge in [-0.05, 0) is 42.1 Å². The number of hydrogen-bond acceptors (Lipinski definition) is 3. The van der Waals surface area contributed by atoms with Crippen LogP contribution in [-0.4, -0.2) is 9.97 Å². The summed E-state index contributed by atoms with van der Waals surface area (Å²) in [4.78, 5) is 8.89. The molecular formula is C36H26IrN2S-2. The molecule has 3 heterocycles. The van der Waals surface area contributed by atoms with Crippen LogP contribution in [0.5, 0.6) is 0 Å². The van der Waals surface area contributed by atoms with Crippen molar-refractivity contribution in [3.63, 3.8) is 0 Å². The van der Waals surface area contributed by atoms with Crippen LogP contribution >= 0.6 is 11.3 Å². The monoisotopic (exact) mass is 711 g/mol. The van der Waals surface area contributed by atoms with Crippen LogP contribution in [0.25, 0.3) is 53.8 Å². The number of aromatic nitrogens is 2. The molecule has 0 saturated carbocycles. The Kier molecular flexibility index (Phi) is 8.62. The van der Waals surface area contributed by atoms with E-state index in [2.05, 4.69) is 83.6 Å². The van der Waals surface area contributed by atoms with Crippen LogP contribution in [0.1, 0.15) is 11.3 Å². The first-order valence-electron chi connectivity index (χ1n) is 12.9. The molecule has 0 saturated heterocycles. The van der Waals surface area contributed by atoms with Crippen LogP contribution < -0.4 is 0 Å². The van der Waals surface area contributed by atoms with Crippen LogP contribution in [-0.2, 0) is 20.1 Å². The van der Waals surface area contributed by atoms with Crippen molar-refractivity contribution < 1.29 is 20.1 Å². The normalized spacial score (nSPS) is 10.6. The third kappa shape index (κ3) is 5.80. The van der Waals surface area contributed by atoms with Gasteiger partial charge >= 0.3 is 0 Å². The van der Waals surface area contributed by atoms with Crippen molar-refractivity contribution in [3.8, 4) is 33.6 Å². The van der Waals surface area contributed by atoms with Crippen molar-refractivity contribution in [1.29, 1.82) is 0 Å². The zero-order chi connectivity index (χ0) is 26.6. The van der Waals surface area contributed by atoms with Gasteiger partial charge in [-0.25, -0.2) is 0 Å². The van der Waals surface area contributed by atoms with Gasteiger partial charge in [0, 0.05) is 52.2 Å². The average molecular weight is 711 g/mol. The van der Waals surface area contributed by atoms with Gasteiger partial charge in [-0.1, -0.05) is 73.2 Å². The predicted octanol–water partition coefficient (Wildman–Crippen LogP) is 9.75. The molecule has 4 heteroatoms. The van der Waals surface area contributed by atoms with Gasteiger partial charge in [0.05, 0.1) is 0 Å². The summed E-state index contributed by atoms with van der Waals surface area (Å²) in [5.74, 6) is 0. The van der Waals surface area contributed by atoms with E-state index >= 15 is 0 Å². The maximum Gasteiger partial charge on any atom is 0.0417 e. The minimum absolute atomic E-state index is 0. The van der Waals surface area contributed by atoms with Gasteiger partial charge in [-0.3, -0.25) is 0 Å². The number of hydrogen-bond donors (Lipinski definition) is 0. The molecule has 0 spiro atoms. The molecule has 0 aliphatic carbocycles. The van der Waals surface area contributed by atoms with Crippen molar-refractivity contribution in [1.82, 2.24) is 9.97 Å². The molecule has 3 aromatic heterocycles. The molecule has 1 radical (unpaired) electrons. The average Bonchev–Trinajstić information content (AvgIpc) is 3.38. The number of benzene rings is 4. The molecule has 40 heavy (non-hydrogen) atoms. The summed E-state index contributed by atoms with van der Waals surface area (Å²) in [6, 6.07) is 45.9. The van der Waals surface area contributed by atoms with Crippen LogP contribution in [0.4, 0.5) is 0 Å². The van der Waals surface area contributed by atoms with E-state index in [1.807, 2.05) is 85.1 Å². The van der Waals surface area contributed by atoms with E-state index in [1.54, 1.807) is 0 Å². The maximum absolute atomic E-state index is 4.48. The second-order valence-corrected chi connectivity index (χ2v) is 10.4. The fraction of sp³-hybridized carbons (Fsp3) is 0.0556. The van der Waals surface area contributed by atoms with Crippen LogP contribution in [0.15, 0.2) is 121 Å². The largest absolute Gasteiger partial charge is 0.305 e. The third-order valence-corrected chi connectivity index (χ3v) is 7.89. The number of thiophene rings is 1. The summed E-state index contributed by atoms with van der Waals surface area (Å²) >= 11 is 1.87. The second kappa shape index (κ2) is 12.5. The maximum atomic E-state index is 4.48. The van der Waals surface area contributed by atoms with Gasteiger partial charge in [0.2, 0.25) is 0 Å². The van der Waals surface area contributed by atoms with Crippen molar-refractivity contribution in [2.75, 3.05) is 0 Å². The molecule has 2 nitrogen and oxygen atoms in total. The van der Waals surface area contributed by atoms with Crippen LogP contribution in [0.3, 0.4) is 0 Å². The Morgan fingerprint density at radius 1 is 0.650 bits per heavy atom. The molecule has 197 valence electrons. The Morgan fingerprint density at radius 3 is 2.23 bits per heavy atom. The van der Waals surface area contributed by atoms with Crippen LogP contribution in [0, 0.1) is 26.0 Å². The van der Waals surface area contributed by atoms with Gasteiger partial charge in [-0.2, -0.15) is 0 Å². The summed E-state index contributed by atoms with van der Waals surface area (Å²) in [5.41, 5.74) is 8.83. The zero-order valence-electron chi connectivity index (χ0n) is 22.2. The Hall–Kier alpha value is -3.95. The third-order valence-electron chi connectivity index (χ3n) is 6.67. The molecule has 0 aliphatic rings. The van der Waals surface area contributed by atoms with Crippen LogP contribution in [0.2, 0.25) is 0 Å². The van der Waals surface area contributed by atoms with Gasteiger partial charge in [0.15, 0.2) is 0 Å². The molecule has 7 rings (SSSR count). The summed E-state index contributed by atoms with van der Waals surface area (Å²) in [7, 11) is 0. The summed E-state index contributed by atoms with van der Waals surface area (Å²) in [5, 5.41) is 2.66. The molecule has 0 unspecified atom stereocenters. The standard InChI is InChI=1S/C24H16NS.C12H10N.Ir/c1-16-12-13-17(22-10-4-5-14-25-22)15-21(16)20-9-6-8-19-18-7-2-3-11-23(18)26-24(19)20;1-10-6-5-9-12(13-10)11-7-3-2-4-8-11;/h2-12,14-15H,1H3;2-7,9H,1H3;/q2*-1;.